The molecule has 3 heterocycles. The summed E-state index contributed by atoms with van der Waals surface area (Å²) >= 11 is 1.70. The van der Waals surface area contributed by atoms with Gasteiger partial charge in [-0.1, -0.05) is 13.3 Å². The number of nitrogens with zero attached hydrogens (tertiary/aromatic N) is 3. The van der Waals surface area contributed by atoms with E-state index in [4.69, 9.17) is 5.84 Å². The van der Waals surface area contributed by atoms with Gasteiger partial charge in [0.25, 0.3) is 0 Å². The molecule has 1 aliphatic rings. The van der Waals surface area contributed by atoms with E-state index in [1.165, 1.54) is 30.6 Å². The van der Waals surface area contributed by atoms with E-state index in [9.17, 15) is 0 Å². The zero-order chi connectivity index (χ0) is 14.8. The number of anilines is 2. The molecular formula is C15H23N5S. The number of aromatic nitrogens is 2. The van der Waals surface area contributed by atoms with E-state index in [1.54, 1.807) is 11.3 Å². The summed E-state index contributed by atoms with van der Waals surface area (Å²) in [7, 11) is 0. The van der Waals surface area contributed by atoms with E-state index in [0.29, 0.717) is 5.95 Å². The van der Waals surface area contributed by atoms with Crippen molar-refractivity contribution in [2.45, 2.75) is 39.5 Å². The molecule has 0 amide bonds. The Labute approximate surface area is 129 Å². The van der Waals surface area contributed by atoms with E-state index in [0.717, 1.165) is 35.0 Å². The summed E-state index contributed by atoms with van der Waals surface area (Å²) in [6.07, 6.45) is 5.08. The maximum Gasteiger partial charge on any atom is 0.240 e. The molecule has 1 unspecified atom stereocenters. The minimum Gasteiger partial charge on any atom is -0.356 e. The summed E-state index contributed by atoms with van der Waals surface area (Å²) in [6, 6.07) is 2.19. The van der Waals surface area contributed by atoms with Crippen molar-refractivity contribution in [2.24, 2.45) is 11.8 Å². The van der Waals surface area contributed by atoms with Crippen LogP contribution in [0.3, 0.4) is 0 Å². The van der Waals surface area contributed by atoms with Gasteiger partial charge in [-0.15, -0.1) is 11.3 Å². The monoisotopic (exact) mass is 305 g/mol. The first-order valence-corrected chi connectivity index (χ1v) is 8.52. The van der Waals surface area contributed by atoms with Gasteiger partial charge in [0.1, 0.15) is 10.6 Å². The number of nitrogens with one attached hydrogen (secondary N) is 1. The van der Waals surface area contributed by atoms with Gasteiger partial charge >= 0.3 is 0 Å². The van der Waals surface area contributed by atoms with Crippen LogP contribution in [0, 0.1) is 12.8 Å². The van der Waals surface area contributed by atoms with Crippen LogP contribution in [0.2, 0.25) is 0 Å². The molecule has 1 fully saturated rings. The predicted molar refractivity (Wildman–Crippen MR) is 89.8 cm³/mol. The first kappa shape index (κ1) is 14.5. The van der Waals surface area contributed by atoms with Gasteiger partial charge in [-0.25, -0.2) is 10.8 Å². The highest BCUT2D eigenvalue weighted by Gasteiger charge is 2.20. The van der Waals surface area contributed by atoms with E-state index in [2.05, 4.69) is 40.2 Å². The van der Waals surface area contributed by atoms with Crippen molar-refractivity contribution in [1.29, 1.82) is 0 Å². The Balaban J connectivity index is 1.98. The Morgan fingerprint density at radius 1 is 1.38 bits per heavy atom. The van der Waals surface area contributed by atoms with Crippen molar-refractivity contribution in [2.75, 3.05) is 23.4 Å². The second-order valence-electron chi connectivity index (χ2n) is 5.78. The van der Waals surface area contributed by atoms with Gasteiger partial charge in [-0.2, -0.15) is 4.98 Å². The van der Waals surface area contributed by atoms with Gasteiger partial charge in [0, 0.05) is 18.0 Å². The van der Waals surface area contributed by atoms with Gasteiger partial charge in [0.05, 0.1) is 5.39 Å². The largest absolute Gasteiger partial charge is 0.356 e. The molecule has 114 valence electrons. The average molecular weight is 305 g/mol. The number of nitrogen functional groups attached to an aromatic ring is 1. The summed E-state index contributed by atoms with van der Waals surface area (Å²) in [5.74, 6) is 7.93. The molecule has 3 N–H and O–H groups in total. The fourth-order valence-corrected chi connectivity index (χ4v) is 3.99. The predicted octanol–water partition coefficient (Wildman–Crippen LogP) is 3.30. The fourth-order valence-electron chi connectivity index (χ4n) is 3.12. The summed E-state index contributed by atoms with van der Waals surface area (Å²) in [5.41, 5.74) is 2.60. The molecule has 21 heavy (non-hydrogen) atoms. The average Bonchev–Trinajstić information content (AvgIpc) is 2.72. The molecule has 0 saturated carbocycles. The molecule has 1 atom stereocenters. The minimum atomic E-state index is 0.510. The van der Waals surface area contributed by atoms with Crippen LogP contribution in [-0.4, -0.2) is 23.1 Å². The fraction of sp³-hybridized carbons (Fsp3) is 0.600. The number of fused-ring (bicyclic) bond motifs is 1. The van der Waals surface area contributed by atoms with Crippen LogP contribution in [0.5, 0.6) is 0 Å². The minimum absolute atomic E-state index is 0.510. The van der Waals surface area contributed by atoms with Crippen molar-refractivity contribution in [1.82, 2.24) is 9.97 Å². The lowest BCUT2D eigenvalue weighted by Crippen LogP contribution is -2.26. The number of aryl methyl sites for hydroxylation is 1. The molecular weight excluding hydrogens is 282 g/mol. The Hall–Kier alpha value is -1.40. The molecule has 0 aromatic carbocycles. The molecule has 6 heteroatoms. The first-order chi connectivity index (χ1) is 10.2. The summed E-state index contributed by atoms with van der Waals surface area (Å²) in [4.78, 5) is 13.8. The van der Waals surface area contributed by atoms with Crippen LogP contribution in [-0.2, 0) is 0 Å². The topological polar surface area (TPSA) is 67.1 Å². The highest BCUT2D eigenvalue weighted by molar-refractivity contribution is 7.18. The highest BCUT2D eigenvalue weighted by atomic mass is 32.1. The number of hydrogen-bond acceptors (Lipinski definition) is 6. The van der Waals surface area contributed by atoms with Crippen LogP contribution in [0.4, 0.5) is 11.8 Å². The Morgan fingerprint density at radius 3 is 3.00 bits per heavy atom. The van der Waals surface area contributed by atoms with Crippen molar-refractivity contribution in [3.63, 3.8) is 0 Å². The number of thiophene rings is 1. The van der Waals surface area contributed by atoms with Gasteiger partial charge in [0.2, 0.25) is 5.95 Å². The maximum atomic E-state index is 5.53. The van der Waals surface area contributed by atoms with Crippen molar-refractivity contribution in [3.05, 3.63) is 10.9 Å². The van der Waals surface area contributed by atoms with E-state index < -0.39 is 0 Å². The zero-order valence-electron chi connectivity index (χ0n) is 12.7. The van der Waals surface area contributed by atoms with Gasteiger partial charge in [-0.3, -0.25) is 5.43 Å². The molecule has 0 spiro atoms. The van der Waals surface area contributed by atoms with Gasteiger partial charge < -0.3 is 4.90 Å². The molecule has 3 rings (SSSR count). The van der Waals surface area contributed by atoms with Crippen LogP contribution in [0.25, 0.3) is 10.2 Å². The molecule has 5 nitrogen and oxygen atoms in total. The summed E-state index contributed by atoms with van der Waals surface area (Å²) in [5, 5.41) is 1.16. The molecule has 0 radical (unpaired) electrons. The molecule has 0 bridgehead atoms. The van der Waals surface area contributed by atoms with E-state index >= 15 is 0 Å². The van der Waals surface area contributed by atoms with Gasteiger partial charge in [-0.05, 0) is 38.2 Å². The van der Waals surface area contributed by atoms with Crippen molar-refractivity contribution >= 4 is 33.3 Å². The van der Waals surface area contributed by atoms with Crippen molar-refractivity contribution < 1.29 is 0 Å². The normalized spacial score (nSPS) is 19.8. The lowest BCUT2D eigenvalue weighted by Gasteiger charge is -2.22. The molecule has 2 aromatic rings. The number of hydrazine groups is 1. The third-order valence-corrected chi connectivity index (χ3v) is 5.29. The summed E-state index contributed by atoms with van der Waals surface area (Å²) < 4.78 is 0. The third kappa shape index (κ3) is 2.96. The standard InChI is InChI=1S/C15H23N5S/c1-3-11-5-4-7-20(8-6-11)13-12-9-10(2)21-14(12)18-15(17-13)19-16/h9,11H,3-8,16H2,1-2H3,(H,17,18,19). The van der Waals surface area contributed by atoms with Crippen LogP contribution < -0.4 is 16.2 Å². The van der Waals surface area contributed by atoms with Crippen LogP contribution in [0.1, 0.15) is 37.5 Å². The van der Waals surface area contributed by atoms with Crippen molar-refractivity contribution in [3.8, 4) is 0 Å². The molecule has 0 aliphatic carbocycles. The quantitative estimate of drug-likeness (QED) is 0.673. The van der Waals surface area contributed by atoms with Gasteiger partial charge in [0.15, 0.2) is 0 Å². The Bertz CT molecular complexity index is 624. The SMILES string of the molecule is CCC1CCCN(c2nc(NN)nc3sc(C)cc23)CC1. The maximum absolute atomic E-state index is 5.53. The van der Waals surface area contributed by atoms with E-state index in [-0.39, 0.29) is 0 Å². The third-order valence-electron chi connectivity index (χ3n) is 4.35. The van der Waals surface area contributed by atoms with E-state index in [1.807, 2.05) is 0 Å². The van der Waals surface area contributed by atoms with Crippen LogP contribution >= 0.6 is 11.3 Å². The number of hydrogen-bond donors (Lipinski definition) is 2. The number of nitrogens with two attached hydrogens (primary N) is 1. The lowest BCUT2D eigenvalue weighted by atomic mass is 9.98. The zero-order valence-corrected chi connectivity index (χ0v) is 13.5. The second-order valence-corrected chi connectivity index (χ2v) is 7.02. The molecule has 1 aliphatic heterocycles. The number of rotatable bonds is 3. The lowest BCUT2D eigenvalue weighted by molar-refractivity contribution is 0.459. The molecule has 2 aromatic heterocycles. The first-order valence-electron chi connectivity index (χ1n) is 7.71. The Morgan fingerprint density at radius 2 is 2.24 bits per heavy atom. The Kier molecular flexibility index (Phi) is 4.26. The summed E-state index contributed by atoms with van der Waals surface area (Å²) in [6.45, 7) is 6.55. The smallest absolute Gasteiger partial charge is 0.240 e. The highest BCUT2D eigenvalue weighted by Crippen LogP contribution is 2.33. The second kappa shape index (κ2) is 6.15. The van der Waals surface area contributed by atoms with Crippen LogP contribution in [0.15, 0.2) is 6.07 Å². The molecule has 1 saturated heterocycles.